The Morgan fingerprint density at radius 2 is 1.82 bits per heavy atom. The van der Waals surface area contributed by atoms with Gasteiger partial charge >= 0.3 is 0 Å². The van der Waals surface area contributed by atoms with Crippen LogP contribution in [0.1, 0.15) is 0 Å². The summed E-state index contributed by atoms with van der Waals surface area (Å²) in [5.41, 5.74) is 0.639. The van der Waals surface area contributed by atoms with Crippen molar-refractivity contribution in [3.63, 3.8) is 0 Å². The van der Waals surface area contributed by atoms with Gasteiger partial charge in [0.15, 0.2) is 0 Å². The second-order valence-electron chi connectivity index (χ2n) is 3.47. The number of hydrogen-bond acceptors (Lipinski definition) is 2. The average Bonchev–Trinajstić information content (AvgIpc) is 2.25. The number of hydrogen-bond donors (Lipinski definition) is 0. The number of rotatable bonds is 5. The van der Waals surface area contributed by atoms with Crippen LogP contribution in [0, 0.1) is 3.57 Å². The van der Waals surface area contributed by atoms with E-state index in [4.69, 9.17) is 0 Å². The lowest BCUT2D eigenvalue weighted by Gasteiger charge is -2.28. The molecule has 3 nitrogen and oxygen atoms in total. The van der Waals surface area contributed by atoms with Gasteiger partial charge in [-0.15, -0.1) is 13.2 Å². The monoisotopic (exact) mass is 363 g/mol. The van der Waals surface area contributed by atoms with E-state index in [1.54, 1.807) is 24.3 Å². The van der Waals surface area contributed by atoms with E-state index in [0.29, 0.717) is 5.69 Å². The lowest BCUT2D eigenvalue weighted by Crippen LogP contribution is -2.37. The fourth-order valence-electron chi connectivity index (χ4n) is 1.48. The summed E-state index contributed by atoms with van der Waals surface area (Å²) in [6.45, 7) is 7.28. The third-order valence-electron chi connectivity index (χ3n) is 2.20. The summed E-state index contributed by atoms with van der Waals surface area (Å²) in [6, 6.07) is 6.85. The summed E-state index contributed by atoms with van der Waals surface area (Å²) in [5.74, 6) is 0. The summed E-state index contributed by atoms with van der Waals surface area (Å²) in [4.78, 5) is 0. The second-order valence-corrected chi connectivity index (χ2v) is 6.49. The van der Waals surface area contributed by atoms with Gasteiger partial charge in [0.05, 0.1) is 18.0 Å². The number of sulfonamides is 1. The van der Waals surface area contributed by atoms with Crippen LogP contribution >= 0.6 is 22.6 Å². The van der Waals surface area contributed by atoms with Crippen molar-refractivity contribution in [2.24, 2.45) is 0 Å². The Kier molecular flexibility index (Phi) is 4.76. The SMILES string of the molecule is C=CC(C=C)N(c1ccccc1I)S(C)(=O)=O. The van der Waals surface area contributed by atoms with Crippen LogP contribution in [0.15, 0.2) is 49.6 Å². The van der Waals surface area contributed by atoms with E-state index < -0.39 is 16.1 Å². The largest absolute Gasteiger partial charge is 0.259 e. The predicted molar refractivity (Wildman–Crippen MR) is 80.7 cm³/mol. The molecule has 0 spiro atoms. The molecule has 0 saturated heterocycles. The van der Waals surface area contributed by atoms with Crippen LogP contribution in [-0.2, 0) is 10.0 Å². The molecular weight excluding hydrogens is 349 g/mol. The van der Waals surface area contributed by atoms with E-state index in [9.17, 15) is 8.42 Å². The van der Waals surface area contributed by atoms with Crippen molar-refractivity contribution in [1.82, 2.24) is 0 Å². The standard InChI is InChI=1S/C12H14INO2S/c1-4-10(5-2)14(17(3,15)16)12-9-7-6-8-11(12)13/h4-10H,1-2H2,3H3. The molecule has 0 fully saturated rings. The highest BCUT2D eigenvalue weighted by Crippen LogP contribution is 2.27. The fraction of sp³-hybridized carbons (Fsp3) is 0.167. The smallest absolute Gasteiger partial charge is 0.233 e. The highest BCUT2D eigenvalue weighted by molar-refractivity contribution is 14.1. The van der Waals surface area contributed by atoms with Crippen molar-refractivity contribution >= 4 is 38.3 Å². The van der Waals surface area contributed by atoms with Gasteiger partial charge in [-0.2, -0.15) is 0 Å². The van der Waals surface area contributed by atoms with Crippen molar-refractivity contribution in [3.8, 4) is 0 Å². The molecule has 0 saturated carbocycles. The molecule has 0 aliphatic rings. The summed E-state index contributed by atoms with van der Waals surface area (Å²) in [5, 5.41) is 0. The first kappa shape index (κ1) is 14.2. The van der Waals surface area contributed by atoms with Crippen LogP contribution < -0.4 is 4.31 Å². The maximum Gasteiger partial charge on any atom is 0.233 e. The van der Waals surface area contributed by atoms with E-state index in [1.165, 1.54) is 10.6 Å². The minimum absolute atomic E-state index is 0.444. The minimum atomic E-state index is -3.38. The summed E-state index contributed by atoms with van der Waals surface area (Å²) >= 11 is 2.11. The zero-order valence-corrected chi connectivity index (χ0v) is 12.5. The van der Waals surface area contributed by atoms with Gasteiger partial charge in [-0.25, -0.2) is 8.42 Å². The Bertz CT molecular complexity index is 517. The minimum Gasteiger partial charge on any atom is -0.259 e. The van der Waals surface area contributed by atoms with Gasteiger partial charge in [0.1, 0.15) is 0 Å². The molecule has 17 heavy (non-hydrogen) atoms. The molecule has 1 rings (SSSR count). The molecule has 0 N–H and O–H groups in total. The van der Waals surface area contributed by atoms with Gasteiger partial charge in [0.25, 0.3) is 0 Å². The van der Waals surface area contributed by atoms with Gasteiger partial charge < -0.3 is 0 Å². The molecule has 0 radical (unpaired) electrons. The second kappa shape index (κ2) is 5.68. The Morgan fingerprint density at radius 3 is 2.24 bits per heavy atom. The quantitative estimate of drug-likeness (QED) is 0.596. The van der Waals surface area contributed by atoms with Gasteiger partial charge in [0, 0.05) is 3.57 Å². The van der Waals surface area contributed by atoms with Gasteiger partial charge in [-0.1, -0.05) is 24.3 Å². The third kappa shape index (κ3) is 3.32. The van der Waals surface area contributed by atoms with Crippen LogP contribution in [0.2, 0.25) is 0 Å². The van der Waals surface area contributed by atoms with Crippen LogP contribution in [0.5, 0.6) is 0 Å². The first-order valence-corrected chi connectivity index (χ1v) is 7.83. The Hall–Kier alpha value is -0.820. The lowest BCUT2D eigenvalue weighted by atomic mass is 10.2. The average molecular weight is 363 g/mol. The highest BCUT2D eigenvalue weighted by Gasteiger charge is 2.24. The van der Waals surface area contributed by atoms with E-state index in [-0.39, 0.29) is 0 Å². The van der Waals surface area contributed by atoms with E-state index >= 15 is 0 Å². The van der Waals surface area contributed by atoms with Crippen molar-refractivity contribution in [3.05, 3.63) is 53.1 Å². The molecule has 0 aliphatic heterocycles. The summed E-state index contributed by atoms with van der Waals surface area (Å²) in [6.07, 6.45) is 4.28. The van der Waals surface area contributed by atoms with Gasteiger partial charge in [-0.3, -0.25) is 4.31 Å². The number of nitrogens with zero attached hydrogens (tertiary/aromatic N) is 1. The van der Waals surface area contributed by atoms with Crippen molar-refractivity contribution < 1.29 is 8.42 Å². The number of anilines is 1. The predicted octanol–water partition coefficient (Wildman–Crippen LogP) is 2.80. The van der Waals surface area contributed by atoms with Crippen LogP contribution in [0.3, 0.4) is 0 Å². The molecule has 0 unspecified atom stereocenters. The van der Waals surface area contributed by atoms with Gasteiger partial charge in [0.2, 0.25) is 10.0 Å². The fourth-order valence-corrected chi connectivity index (χ4v) is 3.42. The molecule has 1 aromatic rings. The van der Waals surface area contributed by atoms with Crippen LogP contribution in [-0.4, -0.2) is 20.7 Å². The Labute approximate surface area is 116 Å². The van der Waals surface area contributed by atoms with Crippen molar-refractivity contribution in [2.75, 3.05) is 10.6 Å². The molecule has 5 heteroatoms. The zero-order valence-electron chi connectivity index (χ0n) is 9.51. The molecular formula is C12H14INO2S. The molecule has 0 heterocycles. The number of halogens is 1. The maximum atomic E-state index is 11.9. The van der Waals surface area contributed by atoms with Gasteiger partial charge in [-0.05, 0) is 34.7 Å². The summed E-state index contributed by atoms with van der Waals surface area (Å²) < 4.78 is 25.9. The topological polar surface area (TPSA) is 37.4 Å². The molecule has 0 aliphatic carbocycles. The van der Waals surface area contributed by atoms with E-state index in [1.807, 2.05) is 12.1 Å². The normalized spacial score (nSPS) is 11.2. The van der Waals surface area contributed by atoms with E-state index in [2.05, 4.69) is 35.7 Å². The first-order valence-electron chi connectivity index (χ1n) is 4.91. The molecule has 0 atom stereocenters. The van der Waals surface area contributed by atoms with Crippen LogP contribution in [0.4, 0.5) is 5.69 Å². The number of para-hydroxylation sites is 1. The Morgan fingerprint density at radius 1 is 1.29 bits per heavy atom. The molecule has 92 valence electrons. The van der Waals surface area contributed by atoms with Crippen molar-refractivity contribution in [2.45, 2.75) is 6.04 Å². The highest BCUT2D eigenvalue weighted by atomic mass is 127. The number of benzene rings is 1. The van der Waals surface area contributed by atoms with Crippen LogP contribution in [0.25, 0.3) is 0 Å². The summed E-state index contributed by atoms with van der Waals surface area (Å²) in [7, 11) is -3.38. The molecule has 0 amide bonds. The molecule has 1 aromatic carbocycles. The first-order chi connectivity index (χ1) is 7.91. The molecule has 0 bridgehead atoms. The molecule has 0 aromatic heterocycles. The van der Waals surface area contributed by atoms with E-state index in [0.717, 1.165) is 3.57 Å². The lowest BCUT2D eigenvalue weighted by molar-refractivity contribution is 0.595. The van der Waals surface area contributed by atoms with Crippen molar-refractivity contribution in [1.29, 1.82) is 0 Å². The third-order valence-corrected chi connectivity index (χ3v) is 4.27. The maximum absolute atomic E-state index is 11.9. The Balaban J connectivity index is 3.40. The zero-order chi connectivity index (χ0) is 13.1.